The lowest BCUT2D eigenvalue weighted by atomic mass is 10.0. The Kier molecular flexibility index (Phi) is 6.63. The normalized spacial score (nSPS) is 13.5. The number of anilines is 1. The van der Waals surface area contributed by atoms with Crippen LogP contribution in [0.4, 0.5) is 5.00 Å². The Morgan fingerprint density at radius 2 is 2.00 bits per heavy atom. The largest absolute Gasteiger partial charge is 0.494 e. The molecule has 3 N–H and O–H groups in total. The van der Waals surface area contributed by atoms with Gasteiger partial charge in [-0.3, -0.25) is 9.59 Å². The highest BCUT2D eigenvalue weighted by atomic mass is 35.5. The number of primary amides is 1. The lowest BCUT2D eigenvalue weighted by Crippen LogP contribution is -2.27. The van der Waals surface area contributed by atoms with E-state index in [1.165, 1.54) is 11.3 Å². The van der Waals surface area contributed by atoms with Crippen molar-refractivity contribution in [3.05, 3.63) is 45.8 Å². The number of amides is 2. The third-order valence-electron chi connectivity index (χ3n) is 4.15. The van der Waals surface area contributed by atoms with Crippen molar-refractivity contribution in [3.63, 3.8) is 0 Å². The standard InChI is InChI=1S/C18H21N3O3S.ClH/c1-3-24-12-6-4-11(5-7-12)17(23)20-18-15(16(19)22)13-8-9-21(2)10-14(13)25-18;/h4-7H,3,8-10H2,1-2H3,(H2,19,22)(H,20,23);1H. The third kappa shape index (κ3) is 4.17. The summed E-state index contributed by atoms with van der Waals surface area (Å²) in [6.45, 7) is 4.11. The molecule has 0 fully saturated rings. The molecule has 0 bridgehead atoms. The van der Waals surface area contributed by atoms with Gasteiger partial charge in [0.05, 0.1) is 12.2 Å². The van der Waals surface area contributed by atoms with Gasteiger partial charge in [-0.15, -0.1) is 23.7 Å². The molecular formula is C18H22ClN3O3S. The quantitative estimate of drug-likeness (QED) is 0.815. The Bertz CT molecular complexity index is 805. The van der Waals surface area contributed by atoms with Gasteiger partial charge in [-0.25, -0.2) is 0 Å². The number of likely N-dealkylation sites (N-methyl/N-ethyl adjacent to an activating group) is 1. The predicted molar refractivity (Wildman–Crippen MR) is 106 cm³/mol. The first-order valence-electron chi connectivity index (χ1n) is 8.16. The maximum Gasteiger partial charge on any atom is 0.256 e. The van der Waals surface area contributed by atoms with Crippen molar-refractivity contribution < 1.29 is 14.3 Å². The van der Waals surface area contributed by atoms with Gasteiger partial charge in [-0.2, -0.15) is 0 Å². The number of hydrogen-bond acceptors (Lipinski definition) is 5. The molecule has 0 saturated heterocycles. The fourth-order valence-electron chi connectivity index (χ4n) is 2.92. The molecule has 2 heterocycles. The maximum atomic E-state index is 12.5. The van der Waals surface area contributed by atoms with Gasteiger partial charge in [0.15, 0.2) is 0 Å². The van der Waals surface area contributed by atoms with E-state index in [1.54, 1.807) is 24.3 Å². The number of nitrogens with two attached hydrogens (primary N) is 1. The maximum absolute atomic E-state index is 12.5. The highest BCUT2D eigenvalue weighted by Gasteiger charge is 2.26. The van der Waals surface area contributed by atoms with Crippen LogP contribution in [-0.2, 0) is 13.0 Å². The van der Waals surface area contributed by atoms with E-state index in [0.29, 0.717) is 28.5 Å². The van der Waals surface area contributed by atoms with E-state index in [1.807, 2.05) is 14.0 Å². The molecule has 2 amide bonds. The van der Waals surface area contributed by atoms with Gasteiger partial charge in [-0.1, -0.05) is 0 Å². The van der Waals surface area contributed by atoms with Gasteiger partial charge in [0.2, 0.25) is 0 Å². The second-order valence-electron chi connectivity index (χ2n) is 5.97. The van der Waals surface area contributed by atoms with Gasteiger partial charge in [0, 0.05) is 23.5 Å². The number of hydrogen-bond donors (Lipinski definition) is 2. The SMILES string of the molecule is CCOc1ccc(C(=O)Nc2sc3c(c2C(N)=O)CCN(C)C3)cc1.Cl. The molecule has 26 heavy (non-hydrogen) atoms. The van der Waals surface area contributed by atoms with Crippen LogP contribution in [0.15, 0.2) is 24.3 Å². The van der Waals surface area contributed by atoms with Crippen LogP contribution in [0, 0.1) is 0 Å². The minimum Gasteiger partial charge on any atom is -0.494 e. The number of ether oxygens (including phenoxy) is 1. The van der Waals surface area contributed by atoms with E-state index in [4.69, 9.17) is 10.5 Å². The Labute approximate surface area is 162 Å². The zero-order chi connectivity index (χ0) is 18.0. The lowest BCUT2D eigenvalue weighted by Gasteiger charge is -2.22. The first kappa shape index (κ1) is 20.2. The van der Waals surface area contributed by atoms with Crippen molar-refractivity contribution in [1.82, 2.24) is 4.90 Å². The Morgan fingerprint density at radius 1 is 1.31 bits per heavy atom. The summed E-state index contributed by atoms with van der Waals surface area (Å²) in [6.07, 6.45) is 0.763. The lowest BCUT2D eigenvalue weighted by molar-refractivity contribution is 0.1000. The molecule has 6 nitrogen and oxygen atoms in total. The highest BCUT2D eigenvalue weighted by molar-refractivity contribution is 7.17. The van der Waals surface area contributed by atoms with Crippen molar-refractivity contribution in [1.29, 1.82) is 0 Å². The molecule has 0 radical (unpaired) electrons. The van der Waals surface area contributed by atoms with E-state index >= 15 is 0 Å². The minimum atomic E-state index is -0.496. The Hall–Kier alpha value is -2.09. The van der Waals surface area contributed by atoms with Crippen molar-refractivity contribution in [2.24, 2.45) is 5.73 Å². The summed E-state index contributed by atoms with van der Waals surface area (Å²) in [5.41, 5.74) is 7.50. The average Bonchev–Trinajstić information content (AvgIpc) is 2.92. The van der Waals surface area contributed by atoms with E-state index in [0.717, 1.165) is 30.0 Å². The van der Waals surface area contributed by atoms with Gasteiger partial charge in [-0.05, 0) is 50.2 Å². The van der Waals surface area contributed by atoms with Gasteiger partial charge >= 0.3 is 0 Å². The fraction of sp³-hybridized carbons (Fsp3) is 0.333. The van der Waals surface area contributed by atoms with E-state index in [2.05, 4.69) is 10.2 Å². The second-order valence-corrected chi connectivity index (χ2v) is 7.08. The molecule has 1 aromatic heterocycles. The number of nitrogens with zero attached hydrogens (tertiary/aromatic N) is 1. The Balaban J connectivity index is 0.00000243. The minimum absolute atomic E-state index is 0. The molecule has 1 aliphatic heterocycles. The predicted octanol–water partition coefficient (Wildman–Crippen LogP) is 2.91. The van der Waals surface area contributed by atoms with Crippen LogP contribution in [0.25, 0.3) is 0 Å². The molecule has 8 heteroatoms. The number of halogens is 1. The number of nitrogens with one attached hydrogen (secondary N) is 1. The van der Waals surface area contributed by atoms with Crippen LogP contribution in [0.5, 0.6) is 5.75 Å². The molecule has 1 aliphatic rings. The highest BCUT2D eigenvalue weighted by Crippen LogP contribution is 2.36. The van der Waals surface area contributed by atoms with E-state index < -0.39 is 5.91 Å². The van der Waals surface area contributed by atoms with E-state index in [-0.39, 0.29) is 18.3 Å². The molecule has 3 rings (SSSR count). The van der Waals surface area contributed by atoms with Gasteiger partial charge in [0.25, 0.3) is 11.8 Å². The second kappa shape index (κ2) is 8.53. The fourth-order valence-corrected chi connectivity index (χ4v) is 4.25. The number of benzene rings is 1. The Morgan fingerprint density at radius 3 is 2.62 bits per heavy atom. The number of fused-ring (bicyclic) bond motifs is 1. The molecule has 0 spiro atoms. The van der Waals surface area contributed by atoms with Crippen molar-refractivity contribution in [2.75, 3.05) is 25.5 Å². The summed E-state index contributed by atoms with van der Waals surface area (Å²) in [7, 11) is 2.03. The summed E-state index contributed by atoms with van der Waals surface area (Å²) < 4.78 is 5.38. The van der Waals surface area contributed by atoms with Crippen LogP contribution in [0.3, 0.4) is 0 Å². The first-order valence-corrected chi connectivity index (χ1v) is 8.98. The van der Waals surface area contributed by atoms with Gasteiger partial charge < -0.3 is 20.7 Å². The zero-order valence-electron chi connectivity index (χ0n) is 14.7. The van der Waals surface area contributed by atoms with Crippen LogP contribution in [0.2, 0.25) is 0 Å². The van der Waals surface area contributed by atoms with Crippen molar-refractivity contribution in [3.8, 4) is 5.75 Å². The van der Waals surface area contributed by atoms with Crippen molar-refractivity contribution >= 4 is 40.6 Å². The van der Waals surface area contributed by atoms with E-state index in [9.17, 15) is 9.59 Å². The summed E-state index contributed by atoms with van der Waals surface area (Å²) in [5, 5.41) is 3.39. The summed E-state index contributed by atoms with van der Waals surface area (Å²) in [6, 6.07) is 6.90. The monoisotopic (exact) mass is 395 g/mol. The van der Waals surface area contributed by atoms with Gasteiger partial charge in [0.1, 0.15) is 10.8 Å². The molecular weight excluding hydrogens is 374 g/mol. The number of thiophene rings is 1. The van der Waals surface area contributed by atoms with Crippen molar-refractivity contribution in [2.45, 2.75) is 19.9 Å². The topological polar surface area (TPSA) is 84.7 Å². The summed E-state index contributed by atoms with van der Waals surface area (Å²) in [4.78, 5) is 27.7. The number of carbonyl (C=O) groups is 2. The summed E-state index contributed by atoms with van der Waals surface area (Å²) >= 11 is 1.43. The average molecular weight is 396 g/mol. The molecule has 0 aliphatic carbocycles. The number of rotatable bonds is 5. The molecule has 0 atom stereocenters. The van der Waals surface area contributed by atoms with Crippen LogP contribution < -0.4 is 15.8 Å². The first-order chi connectivity index (χ1) is 12.0. The third-order valence-corrected chi connectivity index (χ3v) is 5.28. The zero-order valence-corrected chi connectivity index (χ0v) is 16.3. The van der Waals surface area contributed by atoms with Crippen LogP contribution in [-0.4, -0.2) is 36.9 Å². The molecule has 2 aromatic rings. The molecule has 0 unspecified atom stereocenters. The molecule has 0 saturated carbocycles. The summed E-state index contributed by atoms with van der Waals surface area (Å²) in [5.74, 6) is -0.0481. The van der Waals surface area contributed by atoms with Crippen LogP contribution >= 0.6 is 23.7 Å². The number of carbonyl (C=O) groups excluding carboxylic acids is 2. The molecule has 1 aromatic carbocycles. The van der Waals surface area contributed by atoms with Crippen LogP contribution in [0.1, 0.15) is 38.1 Å². The molecule has 140 valence electrons. The smallest absolute Gasteiger partial charge is 0.256 e.